The molecule has 25 heavy (non-hydrogen) atoms. The molecule has 3 rings (SSSR count). The summed E-state index contributed by atoms with van der Waals surface area (Å²) in [5.41, 5.74) is 4.40. The first-order valence-electron chi connectivity index (χ1n) is 8.60. The number of nitrogens with one attached hydrogen (secondary N) is 1. The zero-order valence-corrected chi connectivity index (χ0v) is 15.4. The summed E-state index contributed by atoms with van der Waals surface area (Å²) in [4.78, 5) is 17.4. The lowest BCUT2D eigenvalue weighted by Crippen LogP contribution is -2.19. The second kappa shape index (κ2) is 8.17. The molecule has 0 atom stereocenters. The molecule has 2 aromatic rings. The fourth-order valence-corrected chi connectivity index (χ4v) is 3.44. The molecule has 1 aliphatic rings. The number of amidine groups is 1. The van der Waals surface area contributed by atoms with E-state index in [4.69, 9.17) is 0 Å². The molecule has 0 spiro atoms. The monoisotopic (exact) mass is 350 g/mol. The maximum atomic E-state index is 12.2. The van der Waals surface area contributed by atoms with Gasteiger partial charge in [-0.05, 0) is 66.4 Å². The first-order valence-corrected chi connectivity index (χ1v) is 9.41. The maximum absolute atomic E-state index is 12.2. The molecule has 0 aromatic heterocycles. The van der Waals surface area contributed by atoms with E-state index in [2.05, 4.69) is 29.4 Å². The molecule has 1 amide bonds. The molecule has 0 radical (unpaired) electrons. The van der Waals surface area contributed by atoms with Crippen LogP contribution in [0.3, 0.4) is 0 Å². The van der Waals surface area contributed by atoms with Crippen LogP contribution < -0.4 is 5.32 Å². The number of nitrogens with zero attached hydrogens (tertiary/aromatic N) is 1. The summed E-state index contributed by atoms with van der Waals surface area (Å²) in [7, 11) is 0. The number of carbonyl (C=O) groups excluding carboxylic acids is 1. The zero-order chi connectivity index (χ0) is 17.6. The van der Waals surface area contributed by atoms with Gasteiger partial charge in [0.1, 0.15) is 0 Å². The standard InChI is InChI=1S/C21H22N2OS/c1-3-4-8-16-10-12-18(13-11-16)22-21-23-20(24)19(25-21)14-17-9-6-5-7-15(17)2/h5-7,9-14H,3-4,8H2,1-2H3,(H,22,23,24)/b19-14-. The summed E-state index contributed by atoms with van der Waals surface area (Å²) in [5, 5.41) is 3.48. The molecule has 4 heteroatoms. The Morgan fingerprint density at radius 1 is 1.12 bits per heavy atom. The molecule has 3 nitrogen and oxygen atoms in total. The van der Waals surface area contributed by atoms with E-state index in [1.54, 1.807) is 0 Å². The molecule has 128 valence electrons. The number of amides is 1. The molecule has 1 N–H and O–H groups in total. The summed E-state index contributed by atoms with van der Waals surface area (Å²) in [6.07, 6.45) is 5.42. The van der Waals surface area contributed by atoms with Gasteiger partial charge in [-0.1, -0.05) is 49.7 Å². The maximum Gasteiger partial charge on any atom is 0.264 e. The highest BCUT2D eigenvalue weighted by atomic mass is 32.2. The lowest BCUT2D eigenvalue weighted by Gasteiger charge is -2.01. The van der Waals surface area contributed by atoms with Gasteiger partial charge in [-0.2, -0.15) is 0 Å². The molecule has 0 aliphatic carbocycles. The SMILES string of the molecule is CCCCc1ccc(N=C2NC(=O)/C(=C/c3ccccc3C)S2)cc1. The van der Waals surface area contributed by atoms with Gasteiger partial charge in [0, 0.05) is 0 Å². The Hall–Kier alpha value is -2.33. The number of benzene rings is 2. The van der Waals surface area contributed by atoms with E-state index >= 15 is 0 Å². The molecule has 1 fully saturated rings. The number of hydrogen-bond donors (Lipinski definition) is 1. The van der Waals surface area contributed by atoms with Crippen LogP contribution in [-0.4, -0.2) is 11.1 Å². The molecule has 1 saturated heterocycles. The Labute approximate surface area is 153 Å². The predicted octanol–water partition coefficient (Wildman–Crippen LogP) is 5.23. The average Bonchev–Trinajstić information content (AvgIpc) is 2.95. The number of aryl methyl sites for hydroxylation is 2. The Kier molecular flexibility index (Phi) is 5.71. The van der Waals surface area contributed by atoms with Crippen LogP contribution in [0.5, 0.6) is 0 Å². The average molecular weight is 350 g/mol. The Morgan fingerprint density at radius 2 is 1.88 bits per heavy atom. The summed E-state index contributed by atoms with van der Waals surface area (Å²) < 4.78 is 0. The number of rotatable bonds is 5. The fourth-order valence-electron chi connectivity index (χ4n) is 2.61. The zero-order valence-electron chi connectivity index (χ0n) is 14.6. The first-order chi connectivity index (χ1) is 12.2. The second-order valence-corrected chi connectivity index (χ2v) is 7.14. The third-order valence-corrected chi connectivity index (χ3v) is 5.02. The number of hydrogen-bond acceptors (Lipinski definition) is 3. The summed E-state index contributed by atoms with van der Waals surface area (Å²) in [6, 6.07) is 16.3. The molecule has 0 unspecified atom stereocenters. The van der Waals surface area contributed by atoms with Crippen molar-refractivity contribution in [3.8, 4) is 0 Å². The number of thioether (sulfide) groups is 1. The van der Waals surface area contributed by atoms with Crippen LogP contribution in [0.15, 0.2) is 58.4 Å². The molecule has 0 saturated carbocycles. The summed E-state index contributed by atoms with van der Waals surface area (Å²) >= 11 is 1.39. The van der Waals surface area contributed by atoms with Gasteiger partial charge in [0.2, 0.25) is 0 Å². The van der Waals surface area contributed by atoms with Crippen molar-refractivity contribution in [3.05, 3.63) is 70.1 Å². The highest BCUT2D eigenvalue weighted by Crippen LogP contribution is 2.28. The van der Waals surface area contributed by atoms with Crippen molar-refractivity contribution in [3.63, 3.8) is 0 Å². The van der Waals surface area contributed by atoms with Gasteiger partial charge >= 0.3 is 0 Å². The lowest BCUT2D eigenvalue weighted by atomic mass is 10.1. The van der Waals surface area contributed by atoms with Gasteiger partial charge in [0.25, 0.3) is 5.91 Å². The van der Waals surface area contributed by atoms with Gasteiger partial charge in [-0.3, -0.25) is 4.79 Å². The van der Waals surface area contributed by atoms with Crippen molar-refractivity contribution in [1.82, 2.24) is 5.32 Å². The largest absolute Gasteiger partial charge is 0.300 e. The third-order valence-electron chi connectivity index (χ3n) is 4.11. The van der Waals surface area contributed by atoms with Crippen molar-refractivity contribution < 1.29 is 4.79 Å². The predicted molar refractivity (Wildman–Crippen MR) is 107 cm³/mol. The highest BCUT2D eigenvalue weighted by Gasteiger charge is 2.23. The summed E-state index contributed by atoms with van der Waals surface area (Å²) in [5.74, 6) is -0.0911. The third kappa shape index (κ3) is 4.60. The van der Waals surface area contributed by atoms with E-state index in [0.717, 1.165) is 23.2 Å². The van der Waals surface area contributed by atoms with Gasteiger partial charge in [-0.15, -0.1) is 0 Å². The van der Waals surface area contributed by atoms with Crippen LogP contribution >= 0.6 is 11.8 Å². The van der Waals surface area contributed by atoms with E-state index in [9.17, 15) is 4.79 Å². The van der Waals surface area contributed by atoms with Crippen LogP contribution in [0.25, 0.3) is 6.08 Å². The molecule has 2 aromatic carbocycles. The number of unbranched alkanes of at least 4 members (excludes halogenated alkanes) is 1. The van der Waals surface area contributed by atoms with E-state index < -0.39 is 0 Å². The van der Waals surface area contributed by atoms with Crippen LogP contribution in [0.2, 0.25) is 0 Å². The normalized spacial score (nSPS) is 17.3. The van der Waals surface area contributed by atoms with Gasteiger partial charge in [-0.25, -0.2) is 4.99 Å². The second-order valence-electron chi connectivity index (χ2n) is 6.11. The van der Waals surface area contributed by atoms with Crippen LogP contribution in [0.1, 0.15) is 36.5 Å². The van der Waals surface area contributed by atoms with Gasteiger partial charge in [0.05, 0.1) is 10.6 Å². The molecular weight excluding hydrogens is 328 g/mol. The molecule has 0 bridgehead atoms. The number of carbonyl (C=O) groups is 1. The molecular formula is C21H22N2OS. The molecule has 1 aliphatic heterocycles. The minimum Gasteiger partial charge on any atom is -0.300 e. The van der Waals surface area contributed by atoms with Crippen LogP contribution in [0.4, 0.5) is 5.69 Å². The van der Waals surface area contributed by atoms with Crippen LogP contribution in [0, 0.1) is 6.92 Å². The van der Waals surface area contributed by atoms with Crippen molar-refractivity contribution >= 4 is 34.6 Å². The van der Waals surface area contributed by atoms with E-state index in [1.165, 1.54) is 30.2 Å². The quantitative estimate of drug-likeness (QED) is 0.750. The topological polar surface area (TPSA) is 41.5 Å². The van der Waals surface area contributed by atoms with Crippen molar-refractivity contribution in [2.45, 2.75) is 33.1 Å². The fraction of sp³-hybridized carbons (Fsp3) is 0.238. The van der Waals surface area contributed by atoms with E-state index in [0.29, 0.717) is 10.1 Å². The smallest absolute Gasteiger partial charge is 0.264 e. The molecule has 1 heterocycles. The van der Waals surface area contributed by atoms with E-state index in [-0.39, 0.29) is 5.91 Å². The summed E-state index contributed by atoms with van der Waals surface area (Å²) in [6.45, 7) is 4.24. The van der Waals surface area contributed by atoms with Crippen molar-refractivity contribution in [1.29, 1.82) is 0 Å². The highest BCUT2D eigenvalue weighted by molar-refractivity contribution is 8.18. The lowest BCUT2D eigenvalue weighted by molar-refractivity contribution is -0.115. The van der Waals surface area contributed by atoms with Crippen molar-refractivity contribution in [2.24, 2.45) is 4.99 Å². The number of aliphatic imine (C=N–C) groups is 1. The minimum atomic E-state index is -0.0911. The Morgan fingerprint density at radius 3 is 2.60 bits per heavy atom. The van der Waals surface area contributed by atoms with Gasteiger partial charge in [0.15, 0.2) is 5.17 Å². The Balaban J connectivity index is 1.73. The Bertz CT molecular complexity index is 822. The first kappa shape index (κ1) is 17.5. The minimum absolute atomic E-state index is 0.0911. The van der Waals surface area contributed by atoms with Gasteiger partial charge < -0.3 is 5.32 Å². The van der Waals surface area contributed by atoms with Crippen LogP contribution in [-0.2, 0) is 11.2 Å². The van der Waals surface area contributed by atoms with E-state index in [1.807, 2.05) is 49.4 Å². The van der Waals surface area contributed by atoms with Crippen molar-refractivity contribution in [2.75, 3.05) is 0 Å².